The highest BCUT2D eigenvalue weighted by Crippen LogP contribution is 2.33. The maximum absolute atomic E-state index is 12.7. The summed E-state index contributed by atoms with van der Waals surface area (Å²) in [6.07, 6.45) is 0.423. The van der Waals surface area contributed by atoms with E-state index in [0.29, 0.717) is 33.4 Å². The maximum atomic E-state index is 12.7. The normalized spacial score (nSPS) is 10.6. The van der Waals surface area contributed by atoms with Gasteiger partial charge in [0.1, 0.15) is 0 Å². The Morgan fingerprint density at radius 1 is 1.10 bits per heavy atom. The number of rotatable bonds is 4. The minimum absolute atomic E-state index is 0.0112. The van der Waals surface area contributed by atoms with Gasteiger partial charge >= 0.3 is 11.9 Å². The summed E-state index contributed by atoms with van der Waals surface area (Å²) < 4.78 is 2.40. The number of carboxylic acid groups (broad SMARTS) is 1. The predicted molar refractivity (Wildman–Crippen MR) is 119 cm³/mol. The molecule has 0 fully saturated rings. The zero-order chi connectivity index (χ0) is 22.7. The first-order valence-corrected chi connectivity index (χ1v) is 10.4. The Bertz CT molecular complexity index is 1180. The zero-order valence-corrected chi connectivity index (χ0v) is 19.0. The van der Waals surface area contributed by atoms with Crippen LogP contribution in [0, 0.1) is 0 Å². The average Bonchev–Trinajstić information content (AvgIpc) is 3.11. The Morgan fingerprint density at radius 3 is 2.35 bits per heavy atom. The van der Waals surface area contributed by atoms with Crippen LogP contribution in [0.4, 0.5) is 0 Å². The average molecular weight is 526 g/mol. The van der Waals surface area contributed by atoms with E-state index >= 15 is 0 Å². The van der Waals surface area contributed by atoms with E-state index in [-0.39, 0.29) is 5.69 Å². The van der Waals surface area contributed by atoms with E-state index in [1.165, 1.54) is 4.68 Å². The van der Waals surface area contributed by atoms with Crippen molar-refractivity contribution in [1.82, 2.24) is 20.6 Å². The summed E-state index contributed by atoms with van der Waals surface area (Å²) in [6.45, 7) is 1.85. The van der Waals surface area contributed by atoms with Crippen LogP contribution in [0.15, 0.2) is 46.9 Å². The van der Waals surface area contributed by atoms with Gasteiger partial charge in [-0.15, -0.1) is 0 Å². The molecule has 11 heteroatoms. The molecule has 1 heterocycles. The van der Waals surface area contributed by atoms with Crippen LogP contribution < -0.4 is 10.9 Å². The summed E-state index contributed by atoms with van der Waals surface area (Å²) in [4.78, 5) is 34.7. The lowest BCUT2D eigenvalue weighted by Crippen LogP contribution is -2.45. The topological polar surface area (TPSA) is 113 Å². The SMILES string of the molecule is CCc1c(C(=O)NNC(=O)C(=O)O)nn(-c2ccc(Cl)cc2Cl)c1-c1ccc(Br)cc1. The predicted octanol–water partition coefficient (Wildman–Crippen LogP) is 4.02. The van der Waals surface area contributed by atoms with Gasteiger partial charge in [-0.25, -0.2) is 9.48 Å². The standard InChI is InChI=1S/C20H15BrCl2N4O4/c1-2-13-16(18(28)24-25-19(29)20(30)31)26-27(15-8-7-12(22)9-14(15)23)17(13)10-3-5-11(21)6-4-10/h3-9H,2H2,1H3,(H,24,28)(H,25,29)(H,30,31). The Hall–Kier alpha value is -2.88. The highest BCUT2D eigenvalue weighted by molar-refractivity contribution is 9.10. The molecule has 0 radical (unpaired) electrons. The molecule has 3 N–H and O–H groups in total. The van der Waals surface area contributed by atoms with Crippen molar-refractivity contribution < 1.29 is 19.5 Å². The molecule has 0 bridgehead atoms. The van der Waals surface area contributed by atoms with Gasteiger partial charge in [0.2, 0.25) is 0 Å². The molecule has 0 aliphatic heterocycles. The van der Waals surface area contributed by atoms with Gasteiger partial charge in [-0.2, -0.15) is 5.10 Å². The molecule has 160 valence electrons. The summed E-state index contributed by atoms with van der Waals surface area (Å²) in [5.74, 6) is -3.88. The minimum Gasteiger partial charge on any atom is -0.474 e. The molecule has 0 aliphatic carbocycles. The molecule has 31 heavy (non-hydrogen) atoms. The number of hydrogen-bond donors (Lipinski definition) is 3. The number of nitrogens with zero attached hydrogens (tertiary/aromatic N) is 2. The van der Waals surface area contributed by atoms with Gasteiger partial charge in [-0.05, 0) is 36.8 Å². The number of aliphatic carboxylic acids is 1. The van der Waals surface area contributed by atoms with Gasteiger partial charge in [-0.1, -0.05) is 58.2 Å². The quantitative estimate of drug-likeness (QED) is 0.351. The number of aromatic nitrogens is 2. The van der Waals surface area contributed by atoms with E-state index in [0.717, 1.165) is 10.0 Å². The van der Waals surface area contributed by atoms with Gasteiger partial charge in [0.15, 0.2) is 5.69 Å². The zero-order valence-electron chi connectivity index (χ0n) is 15.9. The first-order chi connectivity index (χ1) is 14.7. The molecule has 0 saturated heterocycles. The van der Waals surface area contributed by atoms with E-state index < -0.39 is 17.8 Å². The van der Waals surface area contributed by atoms with Gasteiger partial charge in [0, 0.05) is 20.6 Å². The van der Waals surface area contributed by atoms with E-state index in [1.807, 2.05) is 36.6 Å². The fourth-order valence-corrected chi connectivity index (χ4v) is 3.68. The number of carbonyl (C=O) groups is 3. The Morgan fingerprint density at radius 2 is 1.77 bits per heavy atom. The lowest BCUT2D eigenvalue weighted by atomic mass is 10.0. The summed E-state index contributed by atoms with van der Waals surface area (Å²) in [6, 6.07) is 12.3. The number of hydrazine groups is 1. The molecule has 0 aliphatic rings. The number of carboxylic acids is 1. The summed E-state index contributed by atoms with van der Waals surface area (Å²) in [5, 5.41) is 13.9. The second-order valence-corrected chi connectivity index (χ2v) is 8.02. The number of benzene rings is 2. The largest absolute Gasteiger partial charge is 0.474 e. The Kier molecular flexibility index (Phi) is 6.99. The molecule has 0 unspecified atom stereocenters. The maximum Gasteiger partial charge on any atom is 0.396 e. The molecule has 1 aromatic heterocycles. The summed E-state index contributed by atoms with van der Waals surface area (Å²) in [5.41, 5.74) is 6.38. The van der Waals surface area contributed by atoms with Crippen molar-refractivity contribution >= 4 is 56.9 Å². The van der Waals surface area contributed by atoms with Crippen LogP contribution in [0.1, 0.15) is 23.0 Å². The van der Waals surface area contributed by atoms with E-state index in [1.54, 1.807) is 18.2 Å². The van der Waals surface area contributed by atoms with Crippen molar-refractivity contribution in [2.45, 2.75) is 13.3 Å². The lowest BCUT2D eigenvalue weighted by Gasteiger charge is -2.11. The molecular weight excluding hydrogens is 511 g/mol. The third-order valence-corrected chi connectivity index (χ3v) is 5.36. The van der Waals surface area contributed by atoms with Crippen LogP contribution in [0.25, 0.3) is 16.9 Å². The van der Waals surface area contributed by atoms with Crippen molar-refractivity contribution in [3.8, 4) is 16.9 Å². The van der Waals surface area contributed by atoms with Crippen molar-refractivity contribution in [3.05, 3.63) is 68.2 Å². The molecule has 2 amide bonds. The second kappa shape index (κ2) is 9.51. The third-order valence-electron chi connectivity index (χ3n) is 4.29. The van der Waals surface area contributed by atoms with E-state index in [4.69, 9.17) is 28.3 Å². The second-order valence-electron chi connectivity index (χ2n) is 6.26. The highest BCUT2D eigenvalue weighted by atomic mass is 79.9. The number of carbonyl (C=O) groups excluding carboxylic acids is 2. The van der Waals surface area contributed by atoms with E-state index in [2.05, 4.69) is 26.5 Å². The molecule has 2 aromatic carbocycles. The van der Waals surface area contributed by atoms with Gasteiger partial charge in [-0.3, -0.25) is 20.4 Å². The van der Waals surface area contributed by atoms with Crippen LogP contribution in [0.3, 0.4) is 0 Å². The molecule has 3 aromatic rings. The molecule has 0 spiro atoms. The van der Waals surface area contributed by atoms with Crippen LogP contribution >= 0.6 is 39.1 Å². The molecule has 0 atom stereocenters. The van der Waals surface area contributed by atoms with Crippen molar-refractivity contribution in [2.24, 2.45) is 0 Å². The van der Waals surface area contributed by atoms with Crippen LogP contribution in [0.5, 0.6) is 0 Å². The van der Waals surface area contributed by atoms with Gasteiger partial charge in [0.25, 0.3) is 5.91 Å². The fraction of sp³-hybridized carbons (Fsp3) is 0.100. The van der Waals surface area contributed by atoms with Crippen molar-refractivity contribution in [1.29, 1.82) is 0 Å². The van der Waals surface area contributed by atoms with Gasteiger partial charge in [0.05, 0.1) is 16.4 Å². The monoisotopic (exact) mass is 524 g/mol. The summed E-state index contributed by atoms with van der Waals surface area (Å²) >= 11 is 15.8. The van der Waals surface area contributed by atoms with Crippen molar-refractivity contribution in [2.75, 3.05) is 0 Å². The number of halogens is 3. The molecule has 3 rings (SSSR count). The number of hydrogen-bond acceptors (Lipinski definition) is 4. The first-order valence-electron chi connectivity index (χ1n) is 8.89. The van der Waals surface area contributed by atoms with E-state index in [9.17, 15) is 14.4 Å². The molecule has 0 saturated carbocycles. The van der Waals surface area contributed by atoms with Gasteiger partial charge < -0.3 is 5.11 Å². The first kappa shape index (κ1) is 22.8. The molecule has 8 nitrogen and oxygen atoms in total. The number of nitrogens with one attached hydrogen (secondary N) is 2. The van der Waals surface area contributed by atoms with Crippen molar-refractivity contribution in [3.63, 3.8) is 0 Å². The third kappa shape index (κ3) is 4.90. The lowest BCUT2D eigenvalue weighted by molar-refractivity contribution is -0.150. The Balaban J connectivity index is 2.17. The van der Waals surface area contributed by atoms with Crippen LogP contribution in [-0.4, -0.2) is 32.7 Å². The fourth-order valence-electron chi connectivity index (χ4n) is 2.93. The van der Waals surface area contributed by atoms with Crippen LogP contribution in [-0.2, 0) is 16.0 Å². The summed E-state index contributed by atoms with van der Waals surface area (Å²) in [7, 11) is 0. The van der Waals surface area contributed by atoms with Crippen LogP contribution in [0.2, 0.25) is 10.0 Å². The minimum atomic E-state index is -1.73. The molecular formula is C20H15BrCl2N4O4. The number of amides is 2. The highest BCUT2D eigenvalue weighted by Gasteiger charge is 2.25. The Labute approximate surface area is 195 Å². The smallest absolute Gasteiger partial charge is 0.396 e.